The van der Waals surface area contributed by atoms with Gasteiger partial charge in [0.2, 0.25) is 5.76 Å². The van der Waals surface area contributed by atoms with Crippen LogP contribution in [-0.4, -0.2) is 21.0 Å². The van der Waals surface area contributed by atoms with Crippen LogP contribution in [0.2, 0.25) is 0 Å². The van der Waals surface area contributed by atoms with E-state index in [2.05, 4.69) is 9.97 Å². The van der Waals surface area contributed by atoms with Crippen LogP contribution in [-0.2, 0) is 0 Å². The van der Waals surface area contributed by atoms with Crippen molar-refractivity contribution in [2.24, 2.45) is 0 Å². The third-order valence-corrected chi connectivity index (χ3v) is 3.38. The van der Waals surface area contributed by atoms with Gasteiger partial charge in [-0.25, -0.2) is 9.78 Å². The van der Waals surface area contributed by atoms with Gasteiger partial charge in [-0.2, -0.15) is 0 Å². The Labute approximate surface area is 112 Å². The third kappa shape index (κ3) is 3.25. The molecule has 0 aromatic carbocycles. The maximum absolute atomic E-state index is 11.3. The Morgan fingerprint density at radius 2 is 2.26 bits per heavy atom. The molecule has 0 aliphatic carbocycles. The van der Waals surface area contributed by atoms with E-state index in [9.17, 15) is 9.59 Å². The first kappa shape index (κ1) is 13.4. The molecule has 2 aromatic rings. The molecule has 0 radical (unpaired) electrons. The van der Waals surface area contributed by atoms with Gasteiger partial charge < -0.3 is 14.5 Å². The lowest BCUT2D eigenvalue weighted by atomic mass is 10.3. The number of aryl methyl sites for hydroxylation is 1. The lowest BCUT2D eigenvalue weighted by Crippen LogP contribution is -2.08. The third-order valence-electron chi connectivity index (χ3n) is 2.37. The average Bonchev–Trinajstić information content (AvgIpc) is 2.76. The van der Waals surface area contributed by atoms with Gasteiger partial charge in [0, 0.05) is 11.8 Å². The average molecular weight is 280 g/mol. The van der Waals surface area contributed by atoms with Crippen molar-refractivity contribution in [2.75, 3.05) is 0 Å². The van der Waals surface area contributed by atoms with E-state index in [1.807, 2.05) is 6.92 Å². The van der Waals surface area contributed by atoms with Crippen molar-refractivity contribution in [3.8, 4) is 0 Å². The minimum absolute atomic E-state index is 0.104. The number of carboxylic acids is 1. The fourth-order valence-corrected chi connectivity index (χ4v) is 2.45. The second-order valence-electron chi connectivity index (χ2n) is 3.96. The summed E-state index contributed by atoms with van der Waals surface area (Å²) in [4.78, 5) is 28.8. The minimum Gasteiger partial charge on any atom is -0.475 e. The molecular formula is C12H12N2O4S. The quantitative estimate of drug-likeness (QED) is 0.658. The number of rotatable bonds is 4. The molecule has 2 rings (SSSR count). The van der Waals surface area contributed by atoms with Gasteiger partial charge in [0.1, 0.15) is 5.76 Å². The lowest BCUT2D eigenvalue weighted by Gasteiger charge is -2.07. The number of hydrogen-bond acceptors (Lipinski definition) is 5. The van der Waals surface area contributed by atoms with Gasteiger partial charge in [-0.3, -0.25) is 4.79 Å². The first-order valence-electron chi connectivity index (χ1n) is 5.53. The van der Waals surface area contributed by atoms with E-state index in [4.69, 9.17) is 9.52 Å². The summed E-state index contributed by atoms with van der Waals surface area (Å²) in [5, 5.41) is 9.11. The van der Waals surface area contributed by atoms with Crippen molar-refractivity contribution in [3.63, 3.8) is 0 Å². The molecule has 0 bridgehead atoms. The molecule has 100 valence electrons. The molecule has 0 saturated carbocycles. The molecule has 2 N–H and O–H groups in total. The Hall–Kier alpha value is -2.02. The number of aromatic nitrogens is 2. The zero-order chi connectivity index (χ0) is 14.0. The maximum Gasteiger partial charge on any atom is 0.371 e. The molecule has 19 heavy (non-hydrogen) atoms. The highest BCUT2D eigenvalue weighted by Gasteiger charge is 2.16. The van der Waals surface area contributed by atoms with Gasteiger partial charge in [-0.05, 0) is 26.0 Å². The van der Waals surface area contributed by atoms with Gasteiger partial charge in [0.15, 0.2) is 5.16 Å². The number of thioether (sulfide) groups is 1. The highest BCUT2D eigenvalue weighted by atomic mass is 32.2. The zero-order valence-electron chi connectivity index (χ0n) is 10.3. The minimum atomic E-state index is -1.11. The number of nitrogens with one attached hydrogen (secondary N) is 1. The van der Waals surface area contributed by atoms with Crippen molar-refractivity contribution in [2.45, 2.75) is 24.3 Å². The Bertz CT molecular complexity index is 662. The maximum atomic E-state index is 11.3. The number of furan rings is 1. The van der Waals surface area contributed by atoms with Crippen molar-refractivity contribution in [3.05, 3.63) is 45.8 Å². The van der Waals surface area contributed by atoms with Crippen molar-refractivity contribution in [1.82, 2.24) is 9.97 Å². The fourth-order valence-electron chi connectivity index (χ4n) is 1.52. The van der Waals surface area contributed by atoms with E-state index < -0.39 is 5.97 Å². The highest BCUT2D eigenvalue weighted by molar-refractivity contribution is 7.99. The molecule has 0 saturated heterocycles. The summed E-state index contributed by atoms with van der Waals surface area (Å²) >= 11 is 1.30. The molecule has 1 atom stereocenters. The van der Waals surface area contributed by atoms with Crippen LogP contribution in [0.1, 0.15) is 34.2 Å². The Kier molecular flexibility index (Phi) is 3.75. The standard InChI is InChI=1S/C12H12N2O4S/c1-6-5-10(15)14-12(13-6)19-7(2)8-3-4-9(18-8)11(16)17/h3-5,7H,1-2H3,(H,16,17)(H,13,14,15). The van der Waals surface area contributed by atoms with Gasteiger partial charge in [-0.1, -0.05) is 11.8 Å². The number of carboxylic acid groups (broad SMARTS) is 1. The topological polar surface area (TPSA) is 96.2 Å². The Balaban J connectivity index is 2.17. The van der Waals surface area contributed by atoms with Crippen LogP contribution >= 0.6 is 11.8 Å². The van der Waals surface area contributed by atoms with Crippen LogP contribution in [0, 0.1) is 6.92 Å². The first-order chi connectivity index (χ1) is 8.95. The van der Waals surface area contributed by atoms with Crippen LogP contribution in [0.3, 0.4) is 0 Å². The van der Waals surface area contributed by atoms with Gasteiger partial charge in [-0.15, -0.1) is 0 Å². The van der Waals surface area contributed by atoms with Gasteiger partial charge in [0.25, 0.3) is 5.56 Å². The number of carbonyl (C=O) groups is 1. The monoisotopic (exact) mass is 280 g/mol. The molecule has 0 aliphatic heterocycles. The van der Waals surface area contributed by atoms with Crippen molar-refractivity contribution < 1.29 is 14.3 Å². The predicted molar refractivity (Wildman–Crippen MR) is 69.5 cm³/mol. The fraction of sp³-hybridized carbons (Fsp3) is 0.250. The van der Waals surface area contributed by atoms with E-state index in [1.54, 1.807) is 13.0 Å². The van der Waals surface area contributed by atoms with Crippen molar-refractivity contribution >= 4 is 17.7 Å². The molecule has 7 heteroatoms. The van der Waals surface area contributed by atoms with Crippen molar-refractivity contribution in [1.29, 1.82) is 0 Å². The van der Waals surface area contributed by atoms with Crippen LogP contribution in [0.25, 0.3) is 0 Å². The smallest absolute Gasteiger partial charge is 0.371 e. The first-order valence-corrected chi connectivity index (χ1v) is 6.41. The number of aromatic amines is 1. The summed E-state index contributed by atoms with van der Waals surface area (Å²) in [5.41, 5.74) is 0.414. The summed E-state index contributed by atoms with van der Waals surface area (Å²) in [7, 11) is 0. The predicted octanol–water partition coefficient (Wildman–Crippen LogP) is 2.22. The van der Waals surface area contributed by atoms with Crippen LogP contribution in [0.15, 0.2) is 32.6 Å². The summed E-state index contributed by atoms with van der Waals surface area (Å²) < 4.78 is 5.20. The van der Waals surface area contributed by atoms with Crippen LogP contribution < -0.4 is 5.56 Å². The van der Waals surface area contributed by atoms with E-state index in [0.29, 0.717) is 16.6 Å². The van der Waals surface area contributed by atoms with E-state index in [1.165, 1.54) is 23.9 Å². The Morgan fingerprint density at radius 1 is 1.53 bits per heavy atom. The molecule has 0 amide bonds. The second-order valence-corrected chi connectivity index (χ2v) is 5.29. The van der Waals surface area contributed by atoms with E-state index in [0.717, 1.165) is 0 Å². The lowest BCUT2D eigenvalue weighted by molar-refractivity contribution is 0.0660. The number of hydrogen-bond donors (Lipinski definition) is 2. The number of aromatic carboxylic acids is 1. The van der Waals surface area contributed by atoms with Gasteiger partial charge >= 0.3 is 5.97 Å². The SMILES string of the molecule is Cc1cc(=O)[nH]c(SC(C)c2ccc(C(=O)O)o2)n1. The molecule has 2 aromatic heterocycles. The molecule has 0 fully saturated rings. The zero-order valence-corrected chi connectivity index (χ0v) is 11.2. The Morgan fingerprint density at radius 3 is 2.84 bits per heavy atom. The van der Waals surface area contributed by atoms with Crippen LogP contribution in [0.5, 0.6) is 0 Å². The summed E-state index contributed by atoms with van der Waals surface area (Å²) in [6, 6.07) is 4.42. The second kappa shape index (κ2) is 5.31. The molecule has 6 nitrogen and oxygen atoms in total. The molecule has 1 unspecified atom stereocenters. The molecule has 0 spiro atoms. The largest absolute Gasteiger partial charge is 0.475 e. The number of nitrogens with zero attached hydrogens (tertiary/aromatic N) is 1. The summed E-state index contributed by atoms with van der Waals surface area (Å²) in [6.45, 7) is 3.58. The number of H-pyrrole nitrogens is 1. The highest BCUT2D eigenvalue weighted by Crippen LogP contribution is 2.33. The molecular weight excluding hydrogens is 268 g/mol. The van der Waals surface area contributed by atoms with Gasteiger partial charge in [0.05, 0.1) is 5.25 Å². The molecule has 2 heterocycles. The molecule has 0 aliphatic rings. The summed E-state index contributed by atoms with van der Waals surface area (Å²) in [6.07, 6.45) is 0. The normalized spacial score (nSPS) is 12.3. The van der Waals surface area contributed by atoms with Crippen LogP contribution in [0.4, 0.5) is 0 Å². The van der Waals surface area contributed by atoms with E-state index in [-0.39, 0.29) is 16.6 Å². The van der Waals surface area contributed by atoms with E-state index >= 15 is 0 Å². The summed E-state index contributed by atoms with van der Waals surface area (Å²) in [5.74, 6) is -0.690.